The Morgan fingerprint density at radius 1 is 1.09 bits per heavy atom. The number of benzene rings is 2. The van der Waals surface area contributed by atoms with Gasteiger partial charge in [-0.15, -0.1) is 0 Å². The maximum Gasteiger partial charge on any atom is 0.296 e. The summed E-state index contributed by atoms with van der Waals surface area (Å²) in [5, 5.41) is 6.82. The topological polar surface area (TPSA) is 159 Å². The van der Waals surface area contributed by atoms with Crippen molar-refractivity contribution in [3.63, 3.8) is 0 Å². The predicted molar refractivity (Wildman–Crippen MR) is 275 cm³/mol. The molecular weight excluding hydrogens is 879 g/mol. The second-order valence-electron chi connectivity index (χ2n) is 19.0. The van der Waals surface area contributed by atoms with E-state index in [4.69, 9.17) is 9.78 Å². The molecule has 1 aromatic heterocycles. The van der Waals surface area contributed by atoms with Crippen molar-refractivity contribution >= 4 is 36.0 Å². The second kappa shape index (κ2) is 26.2. The number of rotatable bonds is 12. The third-order valence-corrected chi connectivity index (χ3v) is 13.9. The number of nitrogens with zero attached hydrogens (tertiary/aromatic N) is 4. The zero-order valence-corrected chi connectivity index (χ0v) is 42.9. The molecule has 1 spiro atoms. The number of imidazole rings is 1. The molecule has 5 N–H and O–H groups in total. The van der Waals surface area contributed by atoms with Gasteiger partial charge < -0.3 is 44.5 Å². The number of allylic oxidation sites excluding steroid dienone is 4. The minimum atomic E-state index is -3.09. The van der Waals surface area contributed by atoms with Crippen LogP contribution in [-0.4, -0.2) is 112 Å². The zero-order chi connectivity index (χ0) is 51.1. The molecule has 3 aromatic rings. The van der Waals surface area contributed by atoms with Gasteiger partial charge in [-0.05, 0) is 130 Å². The minimum Gasteiger partial charge on any atom is -0.505 e. The molecule has 2 aliphatic heterocycles. The van der Waals surface area contributed by atoms with Gasteiger partial charge in [-0.2, -0.15) is 8.78 Å². The van der Waals surface area contributed by atoms with Gasteiger partial charge in [0.05, 0.1) is 43.6 Å². The number of carbonyl (C=O) groups excluding carboxylic acids is 2. The number of hydrogen-bond acceptors (Lipinski definition) is 11. The number of halogens is 2. The Balaban J connectivity index is 0.000000573. The Bertz CT molecular complexity index is 2250. The van der Waals surface area contributed by atoms with Crippen LogP contribution in [0.15, 0.2) is 83.9 Å². The van der Waals surface area contributed by atoms with Gasteiger partial charge >= 0.3 is 0 Å². The van der Waals surface area contributed by atoms with E-state index in [1.165, 1.54) is 39.1 Å². The van der Waals surface area contributed by atoms with Crippen molar-refractivity contribution < 1.29 is 32.7 Å². The smallest absolute Gasteiger partial charge is 0.296 e. The van der Waals surface area contributed by atoms with Crippen LogP contribution in [0.4, 0.5) is 8.78 Å². The van der Waals surface area contributed by atoms with Crippen LogP contribution in [0.2, 0.25) is 0 Å². The van der Waals surface area contributed by atoms with Crippen molar-refractivity contribution in [2.45, 2.75) is 116 Å². The lowest BCUT2D eigenvalue weighted by Crippen LogP contribution is -2.51. The number of amides is 1. The summed E-state index contributed by atoms with van der Waals surface area (Å²) in [4.78, 5) is 42.7. The summed E-state index contributed by atoms with van der Waals surface area (Å²) >= 11 is 0. The molecule has 2 saturated carbocycles. The Morgan fingerprint density at radius 3 is 2.29 bits per heavy atom. The van der Waals surface area contributed by atoms with Gasteiger partial charge in [0.1, 0.15) is 12.6 Å². The zero-order valence-electron chi connectivity index (χ0n) is 42.9. The van der Waals surface area contributed by atoms with Crippen molar-refractivity contribution in [1.29, 1.82) is 0 Å². The van der Waals surface area contributed by atoms with Gasteiger partial charge in [0.25, 0.3) is 5.92 Å². The summed E-state index contributed by atoms with van der Waals surface area (Å²) in [6, 6.07) is 11.7. The molecule has 4 aliphatic carbocycles. The van der Waals surface area contributed by atoms with Crippen LogP contribution in [0.3, 0.4) is 0 Å². The van der Waals surface area contributed by atoms with Gasteiger partial charge in [0.15, 0.2) is 0 Å². The SMILES string of the molecule is C=COC.C=N/C=C(\NCC1CC2(CC2)CN1C)C1C=CC2=C(C1)C(F)(F)c1cc(-c3ccc4nc(C5C6CCC(C6)N5C(=O)C(NC)C(C)C)[nH]c4c3)ccc12.C=O.CCC.CCOC.CON. The minimum absolute atomic E-state index is 0.0544. The lowest BCUT2D eigenvalue weighted by molar-refractivity contribution is -0.139. The predicted octanol–water partition coefficient (Wildman–Crippen LogP) is 9.74. The van der Waals surface area contributed by atoms with Crippen molar-refractivity contribution in [1.82, 2.24) is 30.4 Å². The molecule has 0 radical (unpaired) electrons. The Morgan fingerprint density at radius 2 is 1.72 bits per heavy atom. The molecule has 6 atom stereocenters. The summed E-state index contributed by atoms with van der Waals surface area (Å²) in [5.41, 5.74) is 6.02. The fraction of sp³-hybridized carbons (Fsp3) is 0.556. The van der Waals surface area contributed by atoms with E-state index in [0.717, 1.165) is 72.6 Å². The van der Waals surface area contributed by atoms with Gasteiger partial charge in [-0.3, -0.25) is 9.79 Å². The maximum absolute atomic E-state index is 16.5. The molecule has 69 heavy (non-hydrogen) atoms. The highest BCUT2D eigenvalue weighted by Gasteiger charge is 2.52. The van der Waals surface area contributed by atoms with E-state index in [1.54, 1.807) is 26.5 Å². The number of aliphatic imine (C=N–C) groups is 1. The summed E-state index contributed by atoms with van der Waals surface area (Å²) in [7, 11) is 8.69. The lowest BCUT2D eigenvalue weighted by Gasteiger charge is -2.37. The summed E-state index contributed by atoms with van der Waals surface area (Å²) < 4.78 is 41.8. The van der Waals surface area contributed by atoms with Crippen LogP contribution >= 0.6 is 0 Å². The number of piperidine rings is 1. The molecule has 1 amide bonds. The van der Waals surface area contributed by atoms with Crippen molar-refractivity contribution in [2.24, 2.45) is 34.1 Å². The number of nitrogens with one attached hydrogen (secondary N) is 3. The second-order valence-corrected chi connectivity index (χ2v) is 19.0. The average molecular weight is 959 g/mol. The van der Waals surface area contributed by atoms with Crippen LogP contribution in [-0.2, 0) is 29.8 Å². The standard InChI is InChI=1S/C43H51F2N7O.C3H8O.C3H6O.C3H8.CH5NO.CH2O/c1-24(2)38(47-4)41(53)52-29-10-6-28(16-29)39(52)40-49-35-13-9-26(19-36(35)50-40)25-7-11-31-32-12-8-27(18-34(32)43(44,45)33(31)17-25)37(22-46-3)48-21-30-20-42(14-15-42)23-51(30)5;2*1-3-4-2;2*1-3-2;1-2/h7-9,11-13,17,19,22,24,27-30,38-39,47-48H,3,6,10,14-16,18,20-21,23H2,1-2,4-5H3,(H,49,50);3H2,1-2H3;3H,1H2,2H3;3H2,1-2H3;2H2,1H3;1H2/b37-22-;;;;;. The molecule has 13 nitrogen and oxygen atoms in total. The molecule has 3 heterocycles. The Kier molecular flexibility index (Phi) is 21.5. The van der Waals surface area contributed by atoms with E-state index >= 15 is 8.78 Å². The van der Waals surface area contributed by atoms with E-state index in [2.05, 4.69) is 98.7 Å². The monoisotopic (exact) mass is 959 g/mol. The molecule has 9 rings (SSSR count). The van der Waals surface area contributed by atoms with Crippen molar-refractivity contribution in [3.05, 3.63) is 95.8 Å². The Labute approximate surface area is 410 Å². The number of methoxy groups -OCH3 is 2. The highest BCUT2D eigenvalue weighted by Crippen LogP contribution is 2.56. The van der Waals surface area contributed by atoms with Crippen LogP contribution in [0.25, 0.3) is 27.7 Å². The largest absolute Gasteiger partial charge is 0.505 e. The number of nitrogens with two attached hydrogens (primary N) is 1. The molecular formula is C54H80F2N8O5. The number of alkyl halides is 2. The van der Waals surface area contributed by atoms with Crippen molar-refractivity contribution in [2.75, 3.05) is 55.1 Å². The fourth-order valence-corrected chi connectivity index (χ4v) is 10.5. The van der Waals surface area contributed by atoms with Gasteiger partial charge in [0, 0.05) is 67.8 Å². The first-order valence-corrected chi connectivity index (χ1v) is 24.3. The van der Waals surface area contributed by atoms with E-state index < -0.39 is 5.92 Å². The number of likely N-dealkylation sites (tertiary alicyclic amines) is 2. The van der Waals surface area contributed by atoms with Crippen LogP contribution in [0.5, 0.6) is 0 Å². The average Bonchev–Trinajstić information content (AvgIpc) is 3.78. The first-order valence-electron chi connectivity index (χ1n) is 24.3. The number of carbonyl (C=O) groups is 2. The third kappa shape index (κ3) is 13.0. The molecule has 4 fully saturated rings. The number of ether oxygens (including phenoxy) is 2. The number of aromatic nitrogens is 2. The van der Waals surface area contributed by atoms with Gasteiger partial charge in [0.2, 0.25) is 5.91 Å². The number of aromatic amines is 1. The van der Waals surface area contributed by atoms with E-state index in [-0.39, 0.29) is 53.4 Å². The van der Waals surface area contributed by atoms with E-state index in [0.29, 0.717) is 28.5 Å². The molecule has 2 aromatic carbocycles. The van der Waals surface area contributed by atoms with Crippen molar-refractivity contribution in [3.8, 4) is 11.1 Å². The van der Waals surface area contributed by atoms with Gasteiger partial charge in [-0.25, -0.2) is 10.9 Å². The first-order chi connectivity index (χ1) is 33.2. The van der Waals surface area contributed by atoms with Crippen LogP contribution in [0, 0.1) is 23.2 Å². The molecule has 6 aliphatic rings. The first kappa shape index (κ1) is 56.5. The third-order valence-electron chi connectivity index (χ3n) is 13.9. The normalized spacial score (nSPS) is 23.4. The van der Waals surface area contributed by atoms with Gasteiger partial charge in [-0.1, -0.05) is 71.0 Å². The summed E-state index contributed by atoms with van der Waals surface area (Å²) in [5.74, 6) is 2.53. The summed E-state index contributed by atoms with van der Waals surface area (Å²) in [6.07, 6.45) is 15.4. The molecule has 2 saturated heterocycles. The maximum atomic E-state index is 16.5. The van der Waals surface area contributed by atoms with Crippen LogP contribution in [0.1, 0.15) is 109 Å². The van der Waals surface area contributed by atoms with Crippen LogP contribution < -0.4 is 16.5 Å². The molecule has 15 heteroatoms. The molecule has 2 bridgehead atoms. The number of fused-ring (bicyclic) bond motifs is 5. The quantitative estimate of drug-likeness (QED) is 0.0782. The highest BCUT2D eigenvalue weighted by molar-refractivity contribution is 5.89. The van der Waals surface area contributed by atoms with E-state index in [9.17, 15) is 4.79 Å². The Hall–Kier alpha value is -5.06. The van der Waals surface area contributed by atoms with E-state index in [1.807, 2.05) is 63.2 Å². The summed E-state index contributed by atoms with van der Waals surface area (Å²) in [6.45, 7) is 22.0. The number of hydrogen-bond donors (Lipinski definition) is 4. The molecule has 380 valence electrons. The fourth-order valence-electron chi connectivity index (χ4n) is 10.5. The number of H-pyrrole nitrogens is 1. The molecule has 6 unspecified atom stereocenters. The lowest BCUT2D eigenvalue weighted by atomic mass is 9.86. The number of likely N-dealkylation sites (N-methyl/N-ethyl adjacent to an activating group) is 2. The highest BCUT2D eigenvalue weighted by atomic mass is 19.3.